The summed E-state index contributed by atoms with van der Waals surface area (Å²) in [5, 5.41) is 6.89. The Balaban J connectivity index is 2.12. The maximum atomic E-state index is 5.38. The van der Waals surface area contributed by atoms with Gasteiger partial charge in [-0.3, -0.25) is 0 Å². The van der Waals surface area contributed by atoms with Gasteiger partial charge in [0.25, 0.3) is 0 Å². The number of hydrogen-bond acceptors (Lipinski definition) is 5. The van der Waals surface area contributed by atoms with Gasteiger partial charge in [-0.2, -0.15) is 0 Å². The zero-order valence-electron chi connectivity index (χ0n) is 10.2. The van der Waals surface area contributed by atoms with E-state index in [2.05, 4.69) is 10.5 Å². The fraction of sp³-hybridized carbons (Fsp3) is 0.727. The average molecular weight is 228 g/mol. The molecule has 5 nitrogen and oxygen atoms in total. The van der Waals surface area contributed by atoms with Gasteiger partial charge in [-0.25, -0.2) is 0 Å². The standard InChI is InChI=1S/C11H20N2O3/c1-9(2)15-5-4-14-8-11-6-10(7-12-3)13-16-11/h6,9,12H,4-5,7-8H2,1-3H3. The summed E-state index contributed by atoms with van der Waals surface area (Å²) in [5.74, 6) is 0.745. The summed E-state index contributed by atoms with van der Waals surface area (Å²) in [6, 6.07) is 1.89. The Morgan fingerprint density at radius 1 is 1.44 bits per heavy atom. The topological polar surface area (TPSA) is 56.5 Å². The van der Waals surface area contributed by atoms with Crippen LogP contribution in [0, 0.1) is 0 Å². The smallest absolute Gasteiger partial charge is 0.162 e. The highest BCUT2D eigenvalue weighted by atomic mass is 16.5. The van der Waals surface area contributed by atoms with Crippen LogP contribution >= 0.6 is 0 Å². The summed E-state index contributed by atoms with van der Waals surface area (Å²) >= 11 is 0. The quantitative estimate of drug-likeness (QED) is 0.680. The van der Waals surface area contributed by atoms with E-state index in [1.165, 1.54) is 0 Å². The van der Waals surface area contributed by atoms with E-state index in [9.17, 15) is 0 Å². The van der Waals surface area contributed by atoms with Crippen LogP contribution in [0.25, 0.3) is 0 Å². The Hall–Kier alpha value is -0.910. The van der Waals surface area contributed by atoms with Crippen LogP contribution in [-0.4, -0.2) is 31.5 Å². The van der Waals surface area contributed by atoms with Gasteiger partial charge in [0.15, 0.2) is 5.76 Å². The van der Waals surface area contributed by atoms with Crippen molar-refractivity contribution in [2.45, 2.75) is 33.1 Å². The van der Waals surface area contributed by atoms with E-state index in [0.717, 1.165) is 11.5 Å². The molecular formula is C11H20N2O3. The minimum atomic E-state index is 0.246. The second-order valence-electron chi connectivity index (χ2n) is 3.79. The maximum Gasteiger partial charge on any atom is 0.162 e. The van der Waals surface area contributed by atoms with Crippen LogP contribution in [0.15, 0.2) is 10.6 Å². The van der Waals surface area contributed by atoms with E-state index < -0.39 is 0 Å². The Labute approximate surface area is 96.1 Å². The van der Waals surface area contributed by atoms with E-state index in [-0.39, 0.29) is 6.10 Å². The number of hydrogen-bond donors (Lipinski definition) is 1. The van der Waals surface area contributed by atoms with Gasteiger partial charge in [-0.05, 0) is 20.9 Å². The van der Waals surface area contributed by atoms with E-state index >= 15 is 0 Å². The van der Waals surface area contributed by atoms with Crippen molar-refractivity contribution in [3.05, 3.63) is 17.5 Å². The Kier molecular flexibility index (Phi) is 6.07. The van der Waals surface area contributed by atoms with Gasteiger partial charge in [0.2, 0.25) is 0 Å². The maximum absolute atomic E-state index is 5.38. The molecule has 0 aliphatic carbocycles. The molecule has 0 radical (unpaired) electrons. The first-order valence-corrected chi connectivity index (χ1v) is 5.50. The molecule has 0 amide bonds. The minimum absolute atomic E-state index is 0.246. The predicted octanol–water partition coefficient (Wildman–Crippen LogP) is 1.34. The Morgan fingerprint density at radius 3 is 2.94 bits per heavy atom. The third kappa shape index (κ3) is 5.25. The molecule has 0 saturated heterocycles. The van der Waals surface area contributed by atoms with Crippen molar-refractivity contribution in [2.24, 2.45) is 0 Å². The second kappa shape index (κ2) is 7.38. The summed E-state index contributed by atoms with van der Waals surface area (Å²) in [6.45, 7) is 6.33. The molecule has 16 heavy (non-hydrogen) atoms. The Morgan fingerprint density at radius 2 is 2.25 bits per heavy atom. The van der Waals surface area contributed by atoms with Gasteiger partial charge in [0.05, 0.1) is 25.0 Å². The number of ether oxygens (including phenoxy) is 2. The summed E-state index contributed by atoms with van der Waals surface area (Å²) in [4.78, 5) is 0. The monoisotopic (exact) mass is 228 g/mol. The lowest BCUT2D eigenvalue weighted by Gasteiger charge is -2.06. The predicted molar refractivity (Wildman–Crippen MR) is 60.0 cm³/mol. The molecule has 0 unspecified atom stereocenters. The molecule has 0 saturated carbocycles. The fourth-order valence-electron chi connectivity index (χ4n) is 1.20. The molecule has 92 valence electrons. The molecule has 0 fully saturated rings. The lowest BCUT2D eigenvalue weighted by Crippen LogP contribution is -2.09. The molecule has 1 aromatic heterocycles. The van der Waals surface area contributed by atoms with Gasteiger partial charge in [0.1, 0.15) is 6.61 Å². The summed E-state index contributed by atoms with van der Waals surface area (Å²) in [7, 11) is 1.87. The van der Waals surface area contributed by atoms with Crippen LogP contribution in [-0.2, 0) is 22.6 Å². The van der Waals surface area contributed by atoms with Crippen LogP contribution in [0.3, 0.4) is 0 Å². The van der Waals surface area contributed by atoms with Gasteiger partial charge < -0.3 is 19.3 Å². The van der Waals surface area contributed by atoms with Crippen molar-refractivity contribution in [2.75, 3.05) is 20.3 Å². The van der Waals surface area contributed by atoms with Gasteiger partial charge >= 0.3 is 0 Å². The van der Waals surface area contributed by atoms with Crippen molar-refractivity contribution in [3.8, 4) is 0 Å². The van der Waals surface area contributed by atoms with Crippen LogP contribution in [0.5, 0.6) is 0 Å². The molecule has 0 spiro atoms. The number of nitrogens with one attached hydrogen (secondary N) is 1. The van der Waals surface area contributed by atoms with Crippen LogP contribution in [0.4, 0.5) is 0 Å². The van der Waals surface area contributed by atoms with Crippen LogP contribution in [0.2, 0.25) is 0 Å². The van der Waals surface area contributed by atoms with Crippen molar-refractivity contribution < 1.29 is 14.0 Å². The minimum Gasteiger partial charge on any atom is -0.376 e. The number of rotatable bonds is 8. The molecule has 1 heterocycles. The molecule has 1 N–H and O–H groups in total. The largest absolute Gasteiger partial charge is 0.376 e. The molecular weight excluding hydrogens is 208 g/mol. The highest BCUT2D eigenvalue weighted by Gasteiger charge is 2.03. The number of nitrogens with zero attached hydrogens (tertiary/aromatic N) is 1. The normalized spacial score (nSPS) is 11.2. The third-order valence-corrected chi connectivity index (χ3v) is 1.89. The van der Waals surface area contributed by atoms with E-state index in [0.29, 0.717) is 26.4 Å². The average Bonchev–Trinajstić information content (AvgIpc) is 2.65. The molecule has 0 bridgehead atoms. The summed E-state index contributed by atoms with van der Waals surface area (Å²) in [5.41, 5.74) is 0.888. The molecule has 1 rings (SSSR count). The van der Waals surface area contributed by atoms with Crippen LogP contribution < -0.4 is 5.32 Å². The van der Waals surface area contributed by atoms with Gasteiger partial charge in [-0.15, -0.1) is 0 Å². The first-order valence-electron chi connectivity index (χ1n) is 5.50. The van der Waals surface area contributed by atoms with Crippen molar-refractivity contribution in [3.63, 3.8) is 0 Å². The Bertz CT molecular complexity index is 287. The van der Waals surface area contributed by atoms with E-state index in [4.69, 9.17) is 14.0 Å². The van der Waals surface area contributed by atoms with Crippen molar-refractivity contribution in [1.29, 1.82) is 0 Å². The van der Waals surface area contributed by atoms with Crippen LogP contribution in [0.1, 0.15) is 25.3 Å². The summed E-state index contributed by atoms with van der Waals surface area (Å²) < 4.78 is 15.8. The zero-order chi connectivity index (χ0) is 11.8. The second-order valence-corrected chi connectivity index (χ2v) is 3.79. The molecule has 0 aliphatic rings. The highest BCUT2D eigenvalue weighted by Crippen LogP contribution is 2.04. The third-order valence-electron chi connectivity index (χ3n) is 1.89. The molecule has 1 aromatic rings. The van der Waals surface area contributed by atoms with E-state index in [1.807, 2.05) is 27.0 Å². The molecule has 5 heteroatoms. The molecule has 0 atom stereocenters. The van der Waals surface area contributed by atoms with Gasteiger partial charge in [0, 0.05) is 12.6 Å². The lowest BCUT2D eigenvalue weighted by molar-refractivity contribution is 0.00926. The number of aromatic nitrogens is 1. The lowest BCUT2D eigenvalue weighted by atomic mass is 10.4. The fourth-order valence-corrected chi connectivity index (χ4v) is 1.20. The SMILES string of the molecule is CNCc1cc(COCCOC(C)C)on1. The first-order chi connectivity index (χ1) is 7.72. The first kappa shape index (κ1) is 13.2. The van der Waals surface area contributed by atoms with Crippen molar-refractivity contribution >= 4 is 0 Å². The molecule has 0 aromatic carbocycles. The van der Waals surface area contributed by atoms with Gasteiger partial charge in [-0.1, -0.05) is 5.16 Å². The summed E-state index contributed by atoms with van der Waals surface area (Å²) in [6.07, 6.45) is 0.246. The van der Waals surface area contributed by atoms with E-state index in [1.54, 1.807) is 0 Å². The highest BCUT2D eigenvalue weighted by molar-refractivity contribution is 5.03. The van der Waals surface area contributed by atoms with Crippen molar-refractivity contribution in [1.82, 2.24) is 10.5 Å². The zero-order valence-corrected chi connectivity index (χ0v) is 10.2. The molecule has 0 aliphatic heterocycles.